The molecule has 0 aliphatic carbocycles. The first kappa shape index (κ1) is 17.0. The summed E-state index contributed by atoms with van der Waals surface area (Å²) >= 11 is 5.86. The largest absolute Gasteiger partial charge is 0.492 e. The molecule has 25 heavy (non-hydrogen) atoms. The summed E-state index contributed by atoms with van der Waals surface area (Å²) in [7, 11) is 0. The van der Waals surface area contributed by atoms with Gasteiger partial charge in [0.2, 0.25) is 0 Å². The van der Waals surface area contributed by atoms with Crippen LogP contribution in [0.4, 0.5) is 10.1 Å². The molecule has 0 radical (unpaired) electrons. The van der Waals surface area contributed by atoms with Crippen LogP contribution >= 0.6 is 11.6 Å². The van der Waals surface area contributed by atoms with Gasteiger partial charge < -0.3 is 10.1 Å². The van der Waals surface area contributed by atoms with Crippen molar-refractivity contribution < 1.29 is 13.9 Å². The molecule has 0 bridgehead atoms. The number of nitrogens with one attached hydrogen (secondary N) is 1. The van der Waals surface area contributed by atoms with Gasteiger partial charge in [-0.2, -0.15) is 5.10 Å². The van der Waals surface area contributed by atoms with E-state index in [9.17, 15) is 9.18 Å². The third-order valence-corrected chi connectivity index (χ3v) is 3.68. The fraction of sp³-hybridized carbons (Fsp3) is 0.111. The van der Waals surface area contributed by atoms with Gasteiger partial charge in [-0.1, -0.05) is 11.6 Å². The van der Waals surface area contributed by atoms with Gasteiger partial charge in [0.1, 0.15) is 11.6 Å². The van der Waals surface area contributed by atoms with E-state index in [1.807, 2.05) is 0 Å². The molecular weight excluding hydrogens is 345 g/mol. The number of ether oxygens (including phenoxy) is 1. The minimum absolute atomic E-state index is 0.279. The van der Waals surface area contributed by atoms with Crippen molar-refractivity contribution in [3.05, 3.63) is 71.3 Å². The first-order valence-electron chi connectivity index (χ1n) is 7.61. The van der Waals surface area contributed by atoms with Crippen molar-refractivity contribution in [2.24, 2.45) is 0 Å². The highest BCUT2D eigenvalue weighted by Crippen LogP contribution is 2.26. The highest BCUT2D eigenvalue weighted by molar-refractivity contribution is 6.30. The van der Waals surface area contributed by atoms with E-state index in [-0.39, 0.29) is 11.7 Å². The molecule has 5 nitrogen and oxygen atoms in total. The van der Waals surface area contributed by atoms with Crippen molar-refractivity contribution in [1.82, 2.24) is 9.78 Å². The highest BCUT2D eigenvalue weighted by Gasteiger charge is 2.13. The van der Waals surface area contributed by atoms with Gasteiger partial charge in [-0.25, -0.2) is 9.07 Å². The van der Waals surface area contributed by atoms with Crippen molar-refractivity contribution >= 4 is 23.2 Å². The fourth-order valence-corrected chi connectivity index (χ4v) is 2.37. The summed E-state index contributed by atoms with van der Waals surface area (Å²) in [5, 5.41) is 7.50. The molecule has 1 amide bonds. The van der Waals surface area contributed by atoms with Crippen LogP contribution in [0.25, 0.3) is 5.69 Å². The second kappa shape index (κ2) is 7.36. The van der Waals surface area contributed by atoms with E-state index in [4.69, 9.17) is 16.3 Å². The third kappa shape index (κ3) is 3.97. The molecule has 0 aliphatic rings. The molecule has 0 fully saturated rings. The number of carbonyl (C=O) groups excluding carboxylic acids is 1. The quantitative estimate of drug-likeness (QED) is 0.738. The molecule has 1 heterocycles. The maximum atomic E-state index is 13.3. The molecule has 0 spiro atoms. The summed E-state index contributed by atoms with van der Waals surface area (Å²) in [5.74, 6) is -0.522. The lowest BCUT2D eigenvalue weighted by Crippen LogP contribution is -2.12. The molecule has 0 saturated carbocycles. The van der Waals surface area contributed by atoms with Crippen LogP contribution in [-0.4, -0.2) is 22.3 Å². The van der Waals surface area contributed by atoms with E-state index in [1.54, 1.807) is 42.1 Å². The Morgan fingerprint density at radius 1 is 1.28 bits per heavy atom. The zero-order chi connectivity index (χ0) is 17.8. The van der Waals surface area contributed by atoms with Gasteiger partial charge >= 0.3 is 0 Å². The number of anilines is 1. The van der Waals surface area contributed by atoms with E-state index in [2.05, 4.69) is 10.4 Å². The Morgan fingerprint density at radius 2 is 2.04 bits per heavy atom. The van der Waals surface area contributed by atoms with Gasteiger partial charge in [0.05, 0.1) is 29.7 Å². The van der Waals surface area contributed by atoms with Crippen molar-refractivity contribution in [3.8, 4) is 11.4 Å². The first-order valence-corrected chi connectivity index (χ1v) is 7.99. The van der Waals surface area contributed by atoms with E-state index >= 15 is 0 Å². The molecule has 7 heteroatoms. The van der Waals surface area contributed by atoms with E-state index in [0.717, 1.165) is 5.69 Å². The van der Waals surface area contributed by atoms with Crippen molar-refractivity contribution in [2.75, 3.05) is 11.9 Å². The van der Waals surface area contributed by atoms with Gasteiger partial charge in [0.25, 0.3) is 5.91 Å². The lowest BCUT2D eigenvalue weighted by atomic mass is 10.2. The number of nitrogens with zero attached hydrogens (tertiary/aromatic N) is 2. The van der Waals surface area contributed by atoms with Crippen LogP contribution in [0.15, 0.2) is 54.9 Å². The number of hydrogen-bond donors (Lipinski definition) is 1. The zero-order valence-electron chi connectivity index (χ0n) is 13.4. The van der Waals surface area contributed by atoms with E-state index in [0.29, 0.717) is 22.9 Å². The molecular formula is C18H15ClFN3O2. The van der Waals surface area contributed by atoms with Crippen LogP contribution in [0.2, 0.25) is 5.02 Å². The van der Waals surface area contributed by atoms with Crippen LogP contribution in [0.1, 0.15) is 17.3 Å². The van der Waals surface area contributed by atoms with Crippen molar-refractivity contribution in [3.63, 3.8) is 0 Å². The summed E-state index contributed by atoms with van der Waals surface area (Å²) in [5.41, 5.74) is 1.54. The lowest BCUT2D eigenvalue weighted by Gasteiger charge is -2.10. The van der Waals surface area contributed by atoms with Gasteiger partial charge in [0, 0.05) is 17.3 Å². The molecule has 0 aliphatic heterocycles. The SMILES string of the molecule is CCOc1cc(F)ccc1NC(=O)c1cnn(-c2ccc(Cl)cc2)c1. The number of carbonyl (C=O) groups is 1. The Kier molecular flexibility index (Phi) is 5.00. The first-order chi connectivity index (χ1) is 12.1. The predicted octanol–water partition coefficient (Wildman–Crippen LogP) is 4.32. The average Bonchev–Trinajstić information content (AvgIpc) is 3.08. The number of amides is 1. The Hall–Kier alpha value is -2.86. The van der Waals surface area contributed by atoms with Crippen LogP contribution in [0, 0.1) is 5.82 Å². The van der Waals surface area contributed by atoms with Crippen LogP contribution in [-0.2, 0) is 0 Å². The fourth-order valence-electron chi connectivity index (χ4n) is 2.24. The average molecular weight is 360 g/mol. The minimum Gasteiger partial charge on any atom is -0.492 e. The van der Waals surface area contributed by atoms with E-state index < -0.39 is 5.82 Å². The summed E-state index contributed by atoms with van der Waals surface area (Å²) in [4.78, 5) is 12.4. The molecule has 128 valence electrons. The normalized spacial score (nSPS) is 10.5. The summed E-state index contributed by atoms with van der Waals surface area (Å²) in [6, 6.07) is 11.0. The second-order valence-corrected chi connectivity index (χ2v) is 5.61. The maximum absolute atomic E-state index is 13.3. The Morgan fingerprint density at radius 3 is 2.76 bits per heavy atom. The maximum Gasteiger partial charge on any atom is 0.258 e. The monoisotopic (exact) mass is 359 g/mol. The van der Waals surface area contributed by atoms with Crippen molar-refractivity contribution in [2.45, 2.75) is 6.92 Å². The molecule has 0 atom stereocenters. The van der Waals surface area contributed by atoms with Gasteiger partial charge in [0.15, 0.2) is 0 Å². The molecule has 0 unspecified atom stereocenters. The van der Waals surface area contributed by atoms with Gasteiger partial charge in [-0.15, -0.1) is 0 Å². The molecule has 1 N–H and O–H groups in total. The smallest absolute Gasteiger partial charge is 0.258 e. The minimum atomic E-state index is -0.433. The lowest BCUT2D eigenvalue weighted by molar-refractivity contribution is 0.102. The molecule has 2 aromatic carbocycles. The van der Waals surface area contributed by atoms with Crippen LogP contribution in [0.3, 0.4) is 0 Å². The van der Waals surface area contributed by atoms with Gasteiger partial charge in [-0.05, 0) is 43.3 Å². The van der Waals surface area contributed by atoms with E-state index in [1.165, 1.54) is 24.4 Å². The molecule has 0 saturated heterocycles. The van der Waals surface area contributed by atoms with Crippen molar-refractivity contribution in [1.29, 1.82) is 0 Å². The highest BCUT2D eigenvalue weighted by atomic mass is 35.5. The Labute approximate surface area is 149 Å². The zero-order valence-corrected chi connectivity index (χ0v) is 14.1. The Balaban J connectivity index is 1.79. The summed E-state index contributed by atoms with van der Waals surface area (Å²) in [6.07, 6.45) is 3.05. The van der Waals surface area contributed by atoms with Crippen LogP contribution in [0.5, 0.6) is 5.75 Å². The number of aromatic nitrogens is 2. The molecule has 1 aromatic heterocycles. The number of hydrogen-bond acceptors (Lipinski definition) is 3. The predicted molar refractivity (Wildman–Crippen MR) is 94.1 cm³/mol. The van der Waals surface area contributed by atoms with Crippen LogP contribution < -0.4 is 10.1 Å². The second-order valence-electron chi connectivity index (χ2n) is 5.18. The third-order valence-electron chi connectivity index (χ3n) is 3.43. The molecule has 3 aromatic rings. The number of rotatable bonds is 5. The Bertz CT molecular complexity index is 894. The summed E-state index contributed by atoms with van der Waals surface area (Å²) in [6.45, 7) is 2.15. The van der Waals surface area contributed by atoms with Gasteiger partial charge in [-0.3, -0.25) is 4.79 Å². The topological polar surface area (TPSA) is 56.1 Å². The summed E-state index contributed by atoms with van der Waals surface area (Å²) < 4.78 is 20.3. The number of benzene rings is 2. The molecule has 3 rings (SSSR count). The standard InChI is InChI=1S/C18H15ClFN3O2/c1-2-25-17-9-14(20)5-8-16(17)22-18(24)12-10-21-23(11-12)15-6-3-13(19)4-7-15/h3-11H,2H2,1H3,(H,22,24). The number of halogens is 2.